The lowest BCUT2D eigenvalue weighted by atomic mass is 9.99. The van der Waals surface area contributed by atoms with E-state index in [9.17, 15) is 4.79 Å². The number of rotatable bonds is 6. The van der Waals surface area contributed by atoms with Crippen LogP contribution >= 0.6 is 0 Å². The third kappa shape index (κ3) is 4.32. The lowest BCUT2D eigenvalue weighted by molar-refractivity contribution is -0.138. The summed E-state index contributed by atoms with van der Waals surface area (Å²) in [5, 5.41) is 0. The molecule has 6 nitrogen and oxygen atoms in total. The molecular formula is C18H27N3O3. The monoisotopic (exact) mass is 333 g/mol. The van der Waals surface area contributed by atoms with E-state index >= 15 is 0 Å². The van der Waals surface area contributed by atoms with Crippen molar-refractivity contribution in [1.29, 1.82) is 0 Å². The number of nitrogens with zero attached hydrogens (tertiary/aromatic N) is 3. The van der Waals surface area contributed by atoms with Crippen molar-refractivity contribution in [3.05, 3.63) is 30.1 Å². The van der Waals surface area contributed by atoms with Crippen molar-refractivity contribution in [3.63, 3.8) is 0 Å². The summed E-state index contributed by atoms with van der Waals surface area (Å²) in [6.45, 7) is 2.58. The van der Waals surface area contributed by atoms with Crippen LogP contribution in [0.5, 0.6) is 0 Å². The third-order valence-electron chi connectivity index (χ3n) is 4.87. The summed E-state index contributed by atoms with van der Waals surface area (Å²) in [4.78, 5) is 20.0. The molecule has 0 radical (unpaired) electrons. The molecule has 0 saturated carbocycles. The molecule has 6 heteroatoms. The molecule has 0 bridgehead atoms. The van der Waals surface area contributed by atoms with Crippen molar-refractivity contribution >= 4 is 5.91 Å². The van der Waals surface area contributed by atoms with Gasteiger partial charge in [0.05, 0.1) is 24.5 Å². The highest BCUT2D eigenvalue weighted by Gasteiger charge is 2.39. The molecule has 2 aliphatic rings. The molecule has 132 valence electrons. The summed E-state index contributed by atoms with van der Waals surface area (Å²) in [5.41, 5.74) is 1.12. The Morgan fingerprint density at radius 3 is 3.00 bits per heavy atom. The second kappa shape index (κ2) is 8.05. The minimum atomic E-state index is -0.00825. The van der Waals surface area contributed by atoms with Crippen molar-refractivity contribution in [2.45, 2.75) is 44.1 Å². The number of amides is 1. The van der Waals surface area contributed by atoms with Crippen molar-refractivity contribution < 1.29 is 14.3 Å². The van der Waals surface area contributed by atoms with Gasteiger partial charge in [-0.05, 0) is 31.4 Å². The molecule has 0 N–H and O–H groups in total. The SMILES string of the molecule is CN(C)C(=O)COC[C@@H]1CC[C@H]2[C@H](CCN2Cc2ccccn2)O1. The van der Waals surface area contributed by atoms with Gasteiger partial charge in [0, 0.05) is 39.4 Å². The number of likely N-dealkylation sites (tertiary alicyclic amines) is 1. The third-order valence-corrected chi connectivity index (χ3v) is 4.87. The molecule has 0 unspecified atom stereocenters. The summed E-state index contributed by atoms with van der Waals surface area (Å²) in [6.07, 6.45) is 5.40. The molecule has 0 spiro atoms. The molecule has 3 heterocycles. The van der Waals surface area contributed by atoms with Gasteiger partial charge in [-0.25, -0.2) is 0 Å². The van der Waals surface area contributed by atoms with Crippen molar-refractivity contribution in [2.75, 3.05) is 33.9 Å². The molecule has 0 aromatic carbocycles. The average molecular weight is 333 g/mol. The Hall–Kier alpha value is -1.50. The van der Waals surface area contributed by atoms with Crippen LogP contribution in [-0.2, 0) is 20.8 Å². The molecule has 24 heavy (non-hydrogen) atoms. The predicted octanol–water partition coefficient (Wildman–Crippen LogP) is 1.31. The zero-order chi connectivity index (χ0) is 16.9. The van der Waals surface area contributed by atoms with Gasteiger partial charge in [-0.1, -0.05) is 6.07 Å². The van der Waals surface area contributed by atoms with Gasteiger partial charge >= 0.3 is 0 Å². The zero-order valence-corrected chi connectivity index (χ0v) is 14.6. The first kappa shape index (κ1) is 17.3. The van der Waals surface area contributed by atoms with Gasteiger partial charge < -0.3 is 14.4 Å². The second-order valence-electron chi connectivity index (χ2n) is 6.82. The van der Waals surface area contributed by atoms with Crippen LogP contribution in [0.1, 0.15) is 25.0 Å². The second-order valence-corrected chi connectivity index (χ2v) is 6.82. The molecule has 2 fully saturated rings. The number of hydrogen-bond acceptors (Lipinski definition) is 5. The van der Waals surface area contributed by atoms with Crippen LogP contribution in [0.4, 0.5) is 0 Å². The van der Waals surface area contributed by atoms with Crippen LogP contribution in [-0.4, -0.2) is 72.8 Å². The van der Waals surface area contributed by atoms with E-state index in [1.54, 1.807) is 19.0 Å². The molecule has 1 aromatic rings. The van der Waals surface area contributed by atoms with E-state index < -0.39 is 0 Å². The Kier molecular flexibility index (Phi) is 5.81. The summed E-state index contributed by atoms with van der Waals surface area (Å²) in [6, 6.07) is 6.54. The normalized spacial score (nSPS) is 27.0. The van der Waals surface area contributed by atoms with E-state index in [1.807, 2.05) is 18.3 Å². The van der Waals surface area contributed by atoms with Crippen molar-refractivity contribution in [2.24, 2.45) is 0 Å². The maximum Gasteiger partial charge on any atom is 0.248 e. The van der Waals surface area contributed by atoms with Crippen LogP contribution in [0.3, 0.4) is 0 Å². The van der Waals surface area contributed by atoms with E-state index in [0.717, 1.165) is 38.0 Å². The Labute approximate surface area is 143 Å². The van der Waals surface area contributed by atoms with Crippen LogP contribution in [0.2, 0.25) is 0 Å². The van der Waals surface area contributed by atoms with Gasteiger partial charge in [-0.15, -0.1) is 0 Å². The number of fused-ring (bicyclic) bond motifs is 1. The molecule has 0 aliphatic carbocycles. The molecule has 1 aromatic heterocycles. The number of hydrogen-bond donors (Lipinski definition) is 0. The first-order valence-electron chi connectivity index (χ1n) is 8.71. The Morgan fingerprint density at radius 1 is 1.38 bits per heavy atom. The highest BCUT2D eigenvalue weighted by molar-refractivity contribution is 5.76. The predicted molar refractivity (Wildman–Crippen MR) is 90.5 cm³/mol. The minimum absolute atomic E-state index is 0.00825. The Morgan fingerprint density at radius 2 is 2.25 bits per heavy atom. The fourth-order valence-electron chi connectivity index (χ4n) is 3.51. The highest BCUT2D eigenvalue weighted by atomic mass is 16.5. The summed E-state index contributed by atoms with van der Waals surface area (Å²) in [5.74, 6) is -0.00825. The fourth-order valence-corrected chi connectivity index (χ4v) is 3.51. The topological polar surface area (TPSA) is 54.9 Å². The Bertz CT molecular complexity index is 538. The van der Waals surface area contributed by atoms with Crippen LogP contribution in [0.15, 0.2) is 24.4 Å². The van der Waals surface area contributed by atoms with E-state index in [0.29, 0.717) is 12.6 Å². The van der Waals surface area contributed by atoms with Gasteiger partial charge in [-0.2, -0.15) is 0 Å². The van der Waals surface area contributed by atoms with Crippen LogP contribution in [0.25, 0.3) is 0 Å². The van der Waals surface area contributed by atoms with Gasteiger partial charge in [0.2, 0.25) is 5.91 Å². The van der Waals surface area contributed by atoms with Gasteiger partial charge in [0.1, 0.15) is 6.61 Å². The summed E-state index contributed by atoms with van der Waals surface area (Å²) >= 11 is 0. The van der Waals surface area contributed by atoms with Gasteiger partial charge in [0.15, 0.2) is 0 Å². The number of aromatic nitrogens is 1. The van der Waals surface area contributed by atoms with Crippen molar-refractivity contribution in [3.8, 4) is 0 Å². The van der Waals surface area contributed by atoms with Crippen LogP contribution < -0.4 is 0 Å². The maximum atomic E-state index is 11.5. The molecule has 3 rings (SSSR count). The summed E-state index contributed by atoms with van der Waals surface area (Å²) in [7, 11) is 3.48. The van der Waals surface area contributed by atoms with Crippen LogP contribution in [0, 0.1) is 0 Å². The standard InChI is InChI=1S/C18H27N3O3/c1-20(2)18(22)13-23-12-15-6-7-16-17(24-15)8-10-21(16)11-14-5-3-4-9-19-14/h3-5,9,15-17H,6-8,10-13H2,1-2H3/t15-,16-,17-/m0/s1. The largest absolute Gasteiger partial charge is 0.371 e. The molecular weight excluding hydrogens is 306 g/mol. The number of carbonyl (C=O) groups is 1. The van der Waals surface area contributed by atoms with E-state index in [1.165, 1.54) is 0 Å². The molecule has 2 aliphatic heterocycles. The van der Waals surface area contributed by atoms with Gasteiger partial charge in [-0.3, -0.25) is 14.7 Å². The summed E-state index contributed by atoms with van der Waals surface area (Å²) < 4.78 is 11.7. The smallest absolute Gasteiger partial charge is 0.248 e. The minimum Gasteiger partial charge on any atom is -0.371 e. The Balaban J connectivity index is 1.44. The molecule has 1 amide bonds. The van der Waals surface area contributed by atoms with E-state index in [-0.39, 0.29) is 24.7 Å². The quantitative estimate of drug-likeness (QED) is 0.786. The number of ether oxygens (including phenoxy) is 2. The van der Waals surface area contributed by atoms with E-state index in [4.69, 9.17) is 9.47 Å². The first-order chi connectivity index (χ1) is 11.6. The van der Waals surface area contributed by atoms with Crippen molar-refractivity contribution in [1.82, 2.24) is 14.8 Å². The number of likely N-dealkylation sites (N-methyl/N-ethyl adjacent to an activating group) is 1. The number of pyridine rings is 1. The fraction of sp³-hybridized carbons (Fsp3) is 0.667. The highest BCUT2D eigenvalue weighted by Crippen LogP contribution is 2.32. The average Bonchev–Trinajstić information content (AvgIpc) is 2.98. The first-order valence-corrected chi connectivity index (χ1v) is 8.71. The molecule has 2 saturated heterocycles. The molecule has 3 atom stereocenters. The number of carbonyl (C=O) groups excluding carboxylic acids is 1. The lowest BCUT2D eigenvalue weighted by Gasteiger charge is -2.35. The van der Waals surface area contributed by atoms with Gasteiger partial charge in [0.25, 0.3) is 0 Å². The lowest BCUT2D eigenvalue weighted by Crippen LogP contribution is -2.43. The maximum absolute atomic E-state index is 11.5. The zero-order valence-electron chi connectivity index (χ0n) is 14.6. The van der Waals surface area contributed by atoms with E-state index in [2.05, 4.69) is 16.0 Å².